The fourth-order valence-electron chi connectivity index (χ4n) is 5.17. The maximum Gasteiger partial charge on any atom is 0.149 e. The molecule has 1 aromatic carbocycles. The Morgan fingerprint density at radius 1 is 0.971 bits per heavy atom. The zero-order valence-corrected chi connectivity index (χ0v) is 19.5. The van der Waals surface area contributed by atoms with Gasteiger partial charge in [-0.3, -0.25) is 4.99 Å². The molecule has 0 spiro atoms. The van der Waals surface area contributed by atoms with E-state index >= 15 is 0 Å². The van der Waals surface area contributed by atoms with Crippen molar-refractivity contribution in [3.05, 3.63) is 71.7 Å². The van der Waals surface area contributed by atoms with Gasteiger partial charge in [-0.2, -0.15) is 5.10 Å². The number of rotatable bonds is 3. The van der Waals surface area contributed by atoms with Crippen molar-refractivity contribution < 1.29 is 14.2 Å². The Morgan fingerprint density at radius 2 is 1.80 bits per heavy atom. The van der Waals surface area contributed by atoms with E-state index in [0.717, 1.165) is 54.7 Å². The highest BCUT2D eigenvalue weighted by molar-refractivity contribution is 6.06. The van der Waals surface area contributed by atoms with Gasteiger partial charge in [0.2, 0.25) is 0 Å². The van der Waals surface area contributed by atoms with Gasteiger partial charge in [-0.1, -0.05) is 18.2 Å². The van der Waals surface area contributed by atoms with Gasteiger partial charge in [-0.25, -0.2) is 14.4 Å². The second-order valence-corrected chi connectivity index (χ2v) is 9.33. The Labute approximate surface area is 204 Å². The molecule has 2 aromatic rings. The number of morpholine rings is 1. The average Bonchev–Trinajstić information content (AvgIpc) is 3.33. The molecule has 1 aromatic heterocycles. The number of hydrazone groups is 1. The lowest BCUT2D eigenvalue weighted by atomic mass is 10.0. The van der Waals surface area contributed by atoms with Gasteiger partial charge in [-0.05, 0) is 54.8 Å². The van der Waals surface area contributed by atoms with E-state index < -0.39 is 0 Å². The van der Waals surface area contributed by atoms with Crippen LogP contribution in [0.4, 0.5) is 10.2 Å². The fraction of sp³-hybridized carbons (Fsp3) is 0.423. The second kappa shape index (κ2) is 9.39. The molecule has 4 aliphatic heterocycles. The summed E-state index contributed by atoms with van der Waals surface area (Å²) in [7, 11) is 0. The van der Waals surface area contributed by atoms with Crippen LogP contribution >= 0.6 is 0 Å². The molecule has 0 aliphatic carbocycles. The highest BCUT2D eigenvalue weighted by Crippen LogP contribution is 2.32. The van der Waals surface area contributed by atoms with E-state index in [9.17, 15) is 9.50 Å². The van der Waals surface area contributed by atoms with Crippen molar-refractivity contribution >= 4 is 17.5 Å². The number of amidine groups is 2. The summed E-state index contributed by atoms with van der Waals surface area (Å²) in [6, 6.07) is 12.6. The van der Waals surface area contributed by atoms with Crippen LogP contribution in [-0.4, -0.2) is 77.2 Å². The van der Waals surface area contributed by atoms with Crippen LogP contribution in [0.25, 0.3) is 0 Å². The molecule has 0 amide bonds. The Morgan fingerprint density at radius 3 is 2.66 bits per heavy atom. The van der Waals surface area contributed by atoms with Crippen LogP contribution in [0.3, 0.4) is 0 Å². The molecule has 182 valence electrons. The number of nitrogens with zero attached hydrogens (tertiary/aromatic N) is 6. The van der Waals surface area contributed by atoms with Gasteiger partial charge in [0.05, 0.1) is 37.6 Å². The molecule has 9 heteroatoms. The predicted octanol–water partition coefficient (Wildman–Crippen LogP) is 2.89. The summed E-state index contributed by atoms with van der Waals surface area (Å²) in [6.07, 6.45) is 5.29. The number of aromatic nitrogens is 1. The molecule has 0 bridgehead atoms. The van der Waals surface area contributed by atoms with Crippen LogP contribution in [0.2, 0.25) is 0 Å². The molecule has 1 N–H and O–H groups in total. The van der Waals surface area contributed by atoms with E-state index in [1.54, 1.807) is 12.1 Å². The van der Waals surface area contributed by atoms with Crippen molar-refractivity contribution in [2.45, 2.75) is 31.0 Å². The van der Waals surface area contributed by atoms with Gasteiger partial charge in [-0.15, -0.1) is 0 Å². The van der Waals surface area contributed by atoms with Crippen LogP contribution in [0.1, 0.15) is 36.2 Å². The lowest BCUT2D eigenvalue weighted by molar-refractivity contribution is 0.0253. The zero-order valence-electron chi connectivity index (χ0n) is 19.5. The third-order valence-corrected chi connectivity index (χ3v) is 7.09. The van der Waals surface area contributed by atoms with Crippen LogP contribution in [0, 0.1) is 5.82 Å². The van der Waals surface area contributed by atoms with Gasteiger partial charge in [0.25, 0.3) is 0 Å². The van der Waals surface area contributed by atoms with Crippen LogP contribution in [0.5, 0.6) is 0 Å². The van der Waals surface area contributed by atoms with Gasteiger partial charge >= 0.3 is 0 Å². The molecule has 2 unspecified atom stereocenters. The number of aliphatic hydroxyl groups is 1. The van der Waals surface area contributed by atoms with Crippen LogP contribution in [-0.2, 0) is 4.74 Å². The summed E-state index contributed by atoms with van der Waals surface area (Å²) < 4.78 is 19.7. The maximum atomic E-state index is 13.9. The monoisotopic (exact) mass is 476 g/mol. The summed E-state index contributed by atoms with van der Waals surface area (Å²) in [5.41, 5.74) is 1.80. The molecule has 2 atom stereocenters. The molecule has 0 radical (unpaired) electrons. The SMILES string of the molecule is OC1CCN(c2cccc(C3CN=C4C=CC(N5CCOCC5c5cccc(F)c5)=NN43)n2)CC1. The van der Waals surface area contributed by atoms with Crippen molar-refractivity contribution in [2.75, 3.05) is 44.3 Å². The Balaban J connectivity index is 1.26. The van der Waals surface area contributed by atoms with Crippen LogP contribution in [0.15, 0.2) is 64.7 Å². The van der Waals surface area contributed by atoms with Crippen molar-refractivity contribution in [2.24, 2.45) is 10.1 Å². The molecular formula is C26H29FN6O2. The van der Waals surface area contributed by atoms with Gasteiger partial charge in [0, 0.05) is 19.6 Å². The minimum atomic E-state index is -0.252. The predicted molar refractivity (Wildman–Crippen MR) is 132 cm³/mol. The summed E-state index contributed by atoms with van der Waals surface area (Å²) in [4.78, 5) is 14.1. The number of fused-ring (bicyclic) bond motifs is 1. The van der Waals surface area contributed by atoms with Crippen molar-refractivity contribution in [3.8, 4) is 0 Å². The quantitative estimate of drug-likeness (QED) is 0.734. The van der Waals surface area contributed by atoms with Gasteiger partial charge < -0.3 is 19.6 Å². The molecule has 4 aliphatic rings. The number of hydrogen-bond donors (Lipinski definition) is 1. The highest BCUT2D eigenvalue weighted by Gasteiger charge is 2.34. The summed E-state index contributed by atoms with van der Waals surface area (Å²) in [5, 5.41) is 16.8. The van der Waals surface area contributed by atoms with E-state index in [1.165, 1.54) is 6.07 Å². The highest BCUT2D eigenvalue weighted by atomic mass is 19.1. The molecule has 35 heavy (non-hydrogen) atoms. The number of piperidine rings is 1. The largest absolute Gasteiger partial charge is 0.393 e. The average molecular weight is 477 g/mol. The van der Waals surface area contributed by atoms with Crippen molar-refractivity contribution in [3.63, 3.8) is 0 Å². The molecule has 2 fully saturated rings. The normalized spacial score (nSPS) is 24.9. The molecule has 6 rings (SSSR count). The topological polar surface area (TPSA) is 76.8 Å². The molecule has 8 nitrogen and oxygen atoms in total. The van der Waals surface area contributed by atoms with Gasteiger partial charge in [0.15, 0.2) is 0 Å². The zero-order chi connectivity index (χ0) is 23.8. The third-order valence-electron chi connectivity index (χ3n) is 7.09. The number of aliphatic hydroxyl groups excluding tert-OH is 1. The molecular weight excluding hydrogens is 447 g/mol. The number of hydrogen-bond acceptors (Lipinski definition) is 8. The van der Waals surface area contributed by atoms with E-state index in [4.69, 9.17) is 19.8 Å². The van der Waals surface area contributed by atoms with Crippen molar-refractivity contribution in [1.82, 2.24) is 14.9 Å². The number of benzene rings is 1. The van der Waals surface area contributed by atoms with E-state index in [1.807, 2.05) is 41.4 Å². The summed E-state index contributed by atoms with van der Waals surface area (Å²) >= 11 is 0. The maximum absolute atomic E-state index is 13.9. The second-order valence-electron chi connectivity index (χ2n) is 9.33. The number of anilines is 1. The molecule has 5 heterocycles. The van der Waals surface area contributed by atoms with E-state index in [2.05, 4.69) is 9.80 Å². The van der Waals surface area contributed by atoms with Gasteiger partial charge in [0.1, 0.15) is 29.3 Å². The first-order valence-electron chi connectivity index (χ1n) is 12.3. The standard InChI is InChI=1S/C26H29FN6O2/c27-19-4-1-3-18(15-19)23-17-35-14-13-32(23)26-8-7-24-28-16-22(33(24)30-26)21-5-2-6-25(29-21)31-11-9-20(34)10-12-31/h1-8,15,20,22-23,34H,9-14,16-17H2. The minimum Gasteiger partial charge on any atom is -0.393 e. The van der Waals surface area contributed by atoms with Crippen LogP contribution < -0.4 is 4.90 Å². The minimum absolute atomic E-state index is 0.0889. The Kier molecular flexibility index (Phi) is 5.95. The Hall–Kier alpha value is -3.30. The molecule has 0 saturated carbocycles. The lowest BCUT2D eigenvalue weighted by Crippen LogP contribution is -2.45. The van der Waals surface area contributed by atoms with E-state index in [-0.39, 0.29) is 24.0 Å². The first-order chi connectivity index (χ1) is 17.2. The number of aliphatic imine (C=N–C) groups is 1. The smallest absolute Gasteiger partial charge is 0.149 e. The van der Waals surface area contributed by atoms with E-state index in [0.29, 0.717) is 26.3 Å². The first-order valence-corrected chi connectivity index (χ1v) is 12.3. The first kappa shape index (κ1) is 22.2. The number of ether oxygens (including phenoxy) is 1. The number of pyridine rings is 1. The van der Waals surface area contributed by atoms with Crippen molar-refractivity contribution in [1.29, 1.82) is 0 Å². The fourth-order valence-corrected chi connectivity index (χ4v) is 5.17. The Bertz CT molecular complexity index is 1180. The summed E-state index contributed by atoms with van der Waals surface area (Å²) in [5.74, 6) is 2.31. The molecule has 2 saturated heterocycles. The lowest BCUT2D eigenvalue weighted by Gasteiger charge is -2.39. The number of halogens is 1. The summed E-state index contributed by atoms with van der Waals surface area (Å²) in [6.45, 7) is 3.94. The third kappa shape index (κ3) is 4.41.